The summed E-state index contributed by atoms with van der Waals surface area (Å²) in [7, 11) is 0. The lowest BCUT2D eigenvalue weighted by molar-refractivity contribution is 0.157. The molecule has 15 heavy (non-hydrogen) atoms. The van der Waals surface area contributed by atoms with Crippen molar-refractivity contribution in [3.05, 3.63) is 0 Å². The Labute approximate surface area is 94.4 Å². The average Bonchev–Trinajstić information content (AvgIpc) is 2.14. The van der Waals surface area contributed by atoms with Gasteiger partial charge in [-0.05, 0) is 58.8 Å². The molecule has 1 fully saturated rings. The molecule has 0 spiro atoms. The zero-order valence-corrected chi connectivity index (χ0v) is 10.6. The van der Waals surface area contributed by atoms with Crippen LogP contribution in [0.15, 0.2) is 0 Å². The molecule has 0 aromatic heterocycles. The fourth-order valence-electron chi connectivity index (χ4n) is 2.27. The topological polar surface area (TPSA) is 41.3 Å². The monoisotopic (exact) mass is 213 g/mol. The number of hydrogen-bond acceptors (Lipinski definition) is 3. The maximum absolute atomic E-state index is 6.03. The summed E-state index contributed by atoms with van der Waals surface area (Å²) < 4.78 is 0. The lowest BCUT2D eigenvalue weighted by Crippen LogP contribution is -2.48. The molecule has 0 radical (unpaired) electrons. The van der Waals surface area contributed by atoms with Crippen LogP contribution in [0.5, 0.6) is 0 Å². The molecule has 0 aromatic carbocycles. The summed E-state index contributed by atoms with van der Waals surface area (Å²) in [5.74, 6) is 0.877. The SMILES string of the molecule is CCNCC1CCN(CC(C)(C)N)CC1. The van der Waals surface area contributed by atoms with E-state index in [4.69, 9.17) is 5.73 Å². The molecule has 3 N–H and O–H groups in total. The van der Waals surface area contributed by atoms with Crippen LogP contribution >= 0.6 is 0 Å². The number of likely N-dealkylation sites (tertiary alicyclic amines) is 1. The quantitative estimate of drug-likeness (QED) is 0.717. The Hall–Kier alpha value is -0.120. The zero-order valence-electron chi connectivity index (χ0n) is 10.6. The molecule has 90 valence electrons. The normalized spacial score (nSPS) is 20.8. The Balaban J connectivity index is 2.18. The third kappa shape index (κ3) is 5.50. The van der Waals surface area contributed by atoms with Gasteiger partial charge in [0.25, 0.3) is 0 Å². The standard InChI is InChI=1S/C12H27N3/c1-4-14-9-11-5-7-15(8-6-11)10-12(2,3)13/h11,14H,4-10,13H2,1-3H3. The predicted octanol–water partition coefficient (Wildman–Crippen LogP) is 1.05. The first-order valence-corrected chi connectivity index (χ1v) is 6.23. The minimum atomic E-state index is -0.0471. The molecule has 0 bridgehead atoms. The van der Waals surface area contributed by atoms with Crippen molar-refractivity contribution in [3.8, 4) is 0 Å². The summed E-state index contributed by atoms with van der Waals surface area (Å²) in [6, 6.07) is 0. The molecular formula is C12H27N3. The van der Waals surface area contributed by atoms with Gasteiger partial charge in [-0.15, -0.1) is 0 Å². The molecule has 1 rings (SSSR count). The van der Waals surface area contributed by atoms with Gasteiger partial charge >= 0.3 is 0 Å². The highest BCUT2D eigenvalue weighted by Gasteiger charge is 2.22. The van der Waals surface area contributed by atoms with Crippen LogP contribution < -0.4 is 11.1 Å². The minimum Gasteiger partial charge on any atom is -0.324 e. The number of hydrogen-bond donors (Lipinski definition) is 2. The number of rotatable bonds is 5. The van der Waals surface area contributed by atoms with E-state index in [9.17, 15) is 0 Å². The summed E-state index contributed by atoms with van der Waals surface area (Å²) in [5, 5.41) is 3.44. The second kappa shape index (κ2) is 5.83. The van der Waals surface area contributed by atoms with Crippen molar-refractivity contribution >= 4 is 0 Å². The third-order valence-corrected chi connectivity index (χ3v) is 3.02. The summed E-state index contributed by atoms with van der Waals surface area (Å²) in [5.41, 5.74) is 5.98. The lowest BCUT2D eigenvalue weighted by atomic mass is 9.95. The Bertz CT molecular complexity index is 166. The van der Waals surface area contributed by atoms with E-state index in [1.165, 1.54) is 32.5 Å². The highest BCUT2D eigenvalue weighted by molar-refractivity contribution is 4.81. The fourth-order valence-corrected chi connectivity index (χ4v) is 2.27. The first-order valence-electron chi connectivity index (χ1n) is 6.23. The van der Waals surface area contributed by atoms with Gasteiger partial charge in [0.15, 0.2) is 0 Å². The molecule has 0 unspecified atom stereocenters. The van der Waals surface area contributed by atoms with Gasteiger partial charge in [-0.25, -0.2) is 0 Å². The van der Waals surface area contributed by atoms with E-state index in [1.807, 2.05) is 0 Å². The number of nitrogens with two attached hydrogens (primary N) is 1. The van der Waals surface area contributed by atoms with Gasteiger partial charge < -0.3 is 16.0 Å². The van der Waals surface area contributed by atoms with Crippen LogP contribution in [0.25, 0.3) is 0 Å². The second-order valence-electron chi connectivity index (χ2n) is 5.52. The van der Waals surface area contributed by atoms with Crippen LogP contribution in [0, 0.1) is 5.92 Å². The van der Waals surface area contributed by atoms with E-state index in [1.54, 1.807) is 0 Å². The summed E-state index contributed by atoms with van der Waals surface area (Å²) in [6.45, 7) is 12.1. The van der Waals surface area contributed by atoms with Gasteiger partial charge in [0.2, 0.25) is 0 Å². The molecule has 3 heteroatoms. The third-order valence-electron chi connectivity index (χ3n) is 3.02. The van der Waals surface area contributed by atoms with Crippen molar-refractivity contribution in [2.24, 2.45) is 11.7 Å². The van der Waals surface area contributed by atoms with Crippen molar-refractivity contribution in [2.45, 2.75) is 39.2 Å². The zero-order chi connectivity index (χ0) is 11.3. The Morgan fingerprint density at radius 2 is 1.93 bits per heavy atom. The van der Waals surface area contributed by atoms with Gasteiger partial charge in [-0.3, -0.25) is 0 Å². The molecule has 3 nitrogen and oxygen atoms in total. The maximum Gasteiger partial charge on any atom is 0.0226 e. The largest absolute Gasteiger partial charge is 0.324 e. The number of nitrogens with one attached hydrogen (secondary N) is 1. The lowest BCUT2D eigenvalue weighted by Gasteiger charge is -2.35. The van der Waals surface area contributed by atoms with Gasteiger partial charge in [-0.1, -0.05) is 6.92 Å². The van der Waals surface area contributed by atoms with Crippen molar-refractivity contribution in [1.29, 1.82) is 0 Å². The van der Waals surface area contributed by atoms with Crippen LogP contribution in [0.2, 0.25) is 0 Å². The summed E-state index contributed by atoms with van der Waals surface area (Å²) in [6.07, 6.45) is 2.64. The maximum atomic E-state index is 6.03. The highest BCUT2D eigenvalue weighted by atomic mass is 15.1. The average molecular weight is 213 g/mol. The van der Waals surface area contributed by atoms with E-state index in [0.717, 1.165) is 19.0 Å². The Morgan fingerprint density at radius 3 is 2.40 bits per heavy atom. The van der Waals surface area contributed by atoms with Gasteiger partial charge in [0, 0.05) is 12.1 Å². The summed E-state index contributed by atoms with van der Waals surface area (Å²) >= 11 is 0. The molecule has 1 heterocycles. The van der Waals surface area contributed by atoms with Crippen molar-refractivity contribution in [1.82, 2.24) is 10.2 Å². The fraction of sp³-hybridized carbons (Fsp3) is 1.00. The van der Waals surface area contributed by atoms with E-state index in [0.29, 0.717) is 0 Å². The van der Waals surface area contributed by atoms with Gasteiger partial charge in [-0.2, -0.15) is 0 Å². The Kier molecular flexibility index (Phi) is 5.03. The van der Waals surface area contributed by atoms with Crippen LogP contribution in [0.1, 0.15) is 33.6 Å². The molecule has 0 atom stereocenters. The van der Waals surface area contributed by atoms with Gasteiger partial charge in [0.1, 0.15) is 0 Å². The minimum absolute atomic E-state index is 0.0471. The van der Waals surface area contributed by atoms with E-state index in [2.05, 4.69) is 31.0 Å². The number of nitrogens with zero attached hydrogens (tertiary/aromatic N) is 1. The van der Waals surface area contributed by atoms with Crippen LogP contribution in [-0.2, 0) is 0 Å². The van der Waals surface area contributed by atoms with Crippen LogP contribution in [0.4, 0.5) is 0 Å². The highest BCUT2D eigenvalue weighted by Crippen LogP contribution is 2.17. The second-order valence-corrected chi connectivity index (χ2v) is 5.52. The molecule has 0 aliphatic carbocycles. The number of piperidine rings is 1. The van der Waals surface area contributed by atoms with E-state index < -0.39 is 0 Å². The van der Waals surface area contributed by atoms with Crippen LogP contribution in [0.3, 0.4) is 0 Å². The first kappa shape index (κ1) is 12.9. The molecule has 0 aromatic rings. The van der Waals surface area contributed by atoms with Gasteiger partial charge in [0.05, 0.1) is 0 Å². The molecule has 1 saturated heterocycles. The molecule has 1 aliphatic rings. The predicted molar refractivity (Wildman–Crippen MR) is 66.0 cm³/mol. The molecule has 1 aliphatic heterocycles. The van der Waals surface area contributed by atoms with Crippen molar-refractivity contribution in [2.75, 3.05) is 32.7 Å². The Morgan fingerprint density at radius 1 is 1.33 bits per heavy atom. The van der Waals surface area contributed by atoms with E-state index in [-0.39, 0.29) is 5.54 Å². The van der Waals surface area contributed by atoms with Crippen molar-refractivity contribution in [3.63, 3.8) is 0 Å². The van der Waals surface area contributed by atoms with Crippen molar-refractivity contribution < 1.29 is 0 Å². The van der Waals surface area contributed by atoms with E-state index >= 15 is 0 Å². The first-order chi connectivity index (χ1) is 7.01. The smallest absolute Gasteiger partial charge is 0.0226 e. The molecule has 0 saturated carbocycles. The molecule has 0 amide bonds. The molecular weight excluding hydrogens is 186 g/mol. The van der Waals surface area contributed by atoms with Crippen LogP contribution in [-0.4, -0.2) is 43.2 Å². The summed E-state index contributed by atoms with van der Waals surface area (Å²) in [4.78, 5) is 2.50.